The number of phenolic OH excluding ortho intramolecular Hbond substituents is 1. The van der Waals surface area contributed by atoms with Crippen molar-refractivity contribution in [3.8, 4) is 11.4 Å². The van der Waals surface area contributed by atoms with Crippen molar-refractivity contribution in [3.63, 3.8) is 0 Å². The number of aromatic hydroxyl groups is 1. The Bertz CT molecular complexity index is 905. The average molecular weight is 358 g/mol. The van der Waals surface area contributed by atoms with Gasteiger partial charge >= 0.3 is 0 Å². The lowest BCUT2D eigenvalue weighted by Crippen LogP contribution is -2.30. The first-order valence-corrected chi connectivity index (χ1v) is 8.47. The lowest BCUT2D eigenvalue weighted by Gasteiger charge is -2.24. The molecule has 25 heavy (non-hydrogen) atoms. The molecule has 0 spiro atoms. The second-order valence-corrected chi connectivity index (χ2v) is 7.13. The van der Waals surface area contributed by atoms with Crippen LogP contribution in [-0.2, 0) is 0 Å². The molecule has 0 aliphatic carbocycles. The fourth-order valence-corrected chi connectivity index (χ4v) is 3.51. The van der Waals surface area contributed by atoms with Crippen LogP contribution in [0.4, 0.5) is 0 Å². The molecule has 0 saturated heterocycles. The number of hydrogen-bond acceptors (Lipinski definition) is 7. The van der Waals surface area contributed by atoms with Crippen molar-refractivity contribution >= 4 is 17.2 Å². The van der Waals surface area contributed by atoms with Crippen LogP contribution in [0.3, 0.4) is 0 Å². The summed E-state index contributed by atoms with van der Waals surface area (Å²) in [5.74, 6) is -0.401. The fourth-order valence-electron chi connectivity index (χ4n) is 2.60. The van der Waals surface area contributed by atoms with Crippen LogP contribution in [0.1, 0.15) is 38.9 Å². The number of hydrogen-bond donors (Lipinski definition) is 1. The van der Waals surface area contributed by atoms with Gasteiger partial charge in [-0.2, -0.15) is 0 Å². The van der Waals surface area contributed by atoms with Crippen LogP contribution in [0.5, 0.6) is 5.75 Å². The summed E-state index contributed by atoms with van der Waals surface area (Å²) in [5.41, 5.74) is 1.67. The molecule has 0 saturated carbocycles. The number of nitrogens with zero attached hydrogens (tertiary/aromatic N) is 6. The Hall–Kier alpha value is -2.81. The summed E-state index contributed by atoms with van der Waals surface area (Å²) in [6.45, 7) is 5.86. The van der Waals surface area contributed by atoms with Gasteiger partial charge in [-0.15, -0.1) is 16.4 Å². The van der Waals surface area contributed by atoms with Crippen molar-refractivity contribution in [2.45, 2.75) is 26.8 Å². The number of aromatic nitrogens is 5. The maximum atomic E-state index is 12.8. The molecule has 0 aliphatic heterocycles. The number of rotatable bonds is 4. The molecule has 0 aliphatic rings. The number of tetrazole rings is 1. The maximum absolute atomic E-state index is 12.8. The van der Waals surface area contributed by atoms with Crippen molar-refractivity contribution in [2.24, 2.45) is 0 Å². The lowest BCUT2D eigenvalue weighted by atomic mass is 10.1. The number of benzene rings is 1. The van der Waals surface area contributed by atoms with Crippen LogP contribution in [0.15, 0.2) is 24.5 Å². The molecule has 130 valence electrons. The monoisotopic (exact) mass is 358 g/mol. The molecule has 3 aromatic rings. The summed E-state index contributed by atoms with van der Waals surface area (Å²) in [4.78, 5) is 20.0. The molecule has 0 fully saturated rings. The predicted molar refractivity (Wildman–Crippen MR) is 92.9 cm³/mol. The minimum atomic E-state index is -0.279. The van der Waals surface area contributed by atoms with Gasteiger partial charge in [0.15, 0.2) is 0 Å². The van der Waals surface area contributed by atoms with Crippen molar-refractivity contribution in [3.05, 3.63) is 45.7 Å². The van der Waals surface area contributed by atoms with Gasteiger partial charge < -0.3 is 10.0 Å². The zero-order valence-corrected chi connectivity index (χ0v) is 15.2. The number of carbonyl (C=O) groups is 1. The van der Waals surface area contributed by atoms with Crippen LogP contribution in [0.2, 0.25) is 0 Å². The Morgan fingerprint density at radius 2 is 2.12 bits per heavy atom. The van der Waals surface area contributed by atoms with Gasteiger partial charge in [0.25, 0.3) is 5.91 Å². The molecule has 0 bridgehead atoms. The largest absolute Gasteiger partial charge is 0.507 e. The Labute approximate surface area is 148 Å². The van der Waals surface area contributed by atoms with Gasteiger partial charge in [0.2, 0.25) is 0 Å². The molecule has 2 aromatic heterocycles. The second-order valence-electron chi connectivity index (χ2n) is 5.72. The van der Waals surface area contributed by atoms with E-state index in [9.17, 15) is 9.90 Å². The molecule has 9 heteroatoms. The Morgan fingerprint density at radius 1 is 1.36 bits per heavy atom. The Kier molecular flexibility index (Phi) is 4.49. The summed E-state index contributed by atoms with van der Waals surface area (Å²) in [6.07, 6.45) is 1.41. The molecule has 1 amide bonds. The maximum Gasteiger partial charge on any atom is 0.257 e. The van der Waals surface area contributed by atoms with Crippen LogP contribution < -0.4 is 0 Å². The zero-order chi connectivity index (χ0) is 18.1. The topological polar surface area (TPSA) is 97.0 Å². The van der Waals surface area contributed by atoms with E-state index in [1.807, 2.05) is 20.8 Å². The van der Waals surface area contributed by atoms with Crippen molar-refractivity contribution in [2.75, 3.05) is 7.05 Å². The van der Waals surface area contributed by atoms with Crippen molar-refractivity contribution < 1.29 is 9.90 Å². The van der Waals surface area contributed by atoms with E-state index in [1.54, 1.807) is 35.4 Å². The van der Waals surface area contributed by atoms with Crippen LogP contribution >= 0.6 is 11.3 Å². The van der Waals surface area contributed by atoms with Gasteiger partial charge in [-0.25, -0.2) is 9.67 Å². The summed E-state index contributed by atoms with van der Waals surface area (Å²) >= 11 is 1.61. The third-order valence-corrected chi connectivity index (χ3v) is 4.96. The molecular formula is C16H18N6O2S. The highest BCUT2D eigenvalue weighted by atomic mass is 32.1. The molecule has 1 atom stereocenters. The normalized spacial score (nSPS) is 12.2. The molecule has 2 heterocycles. The van der Waals surface area contributed by atoms with E-state index in [0.717, 1.165) is 15.6 Å². The highest BCUT2D eigenvalue weighted by molar-refractivity contribution is 7.11. The van der Waals surface area contributed by atoms with Gasteiger partial charge in [-0.05, 0) is 43.3 Å². The Morgan fingerprint density at radius 3 is 2.68 bits per heavy atom. The molecule has 3 rings (SSSR count). The van der Waals surface area contributed by atoms with Crippen LogP contribution in [0.25, 0.3) is 5.69 Å². The first-order valence-electron chi connectivity index (χ1n) is 7.66. The summed E-state index contributed by atoms with van der Waals surface area (Å²) in [5, 5.41) is 22.1. The summed E-state index contributed by atoms with van der Waals surface area (Å²) in [7, 11) is 1.70. The molecule has 1 aromatic carbocycles. The van der Waals surface area contributed by atoms with E-state index in [0.29, 0.717) is 5.69 Å². The molecular weight excluding hydrogens is 340 g/mol. The molecule has 1 N–H and O–H groups in total. The van der Waals surface area contributed by atoms with Gasteiger partial charge in [-0.3, -0.25) is 4.79 Å². The number of thiazole rings is 1. The highest BCUT2D eigenvalue weighted by Crippen LogP contribution is 2.29. The molecule has 0 radical (unpaired) electrons. The minimum absolute atomic E-state index is 0.122. The number of aryl methyl sites for hydroxylation is 2. The highest BCUT2D eigenvalue weighted by Gasteiger charge is 2.24. The van der Waals surface area contributed by atoms with E-state index >= 15 is 0 Å². The van der Waals surface area contributed by atoms with E-state index in [1.165, 1.54) is 17.1 Å². The SMILES string of the molecule is Cc1nc([C@@H](C)N(C)C(=O)c2ccc(-n3cnnn3)cc2O)c(C)s1. The van der Waals surface area contributed by atoms with Gasteiger partial charge in [0, 0.05) is 18.0 Å². The van der Waals surface area contributed by atoms with Crippen molar-refractivity contribution in [1.29, 1.82) is 0 Å². The third-order valence-electron chi connectivity index (χ3n) is 4.06. The fraction of sp³-hybridized carbons (Fsp3) is 0.312. The zero-order valence-electron chi connectivity index (χ0n) is 14.3. The predicted octanol–water partition coefficient (Wildman–Crippen LogP) is 2.27. The van der Waals surface area contributed by atoms with E-state index in [4.69, 9.17) is 0 Å². The summed E-state index contributed by atoms with van der Waals surface area (Å²) in [6, 6.07) is 4.51. The standard InChI is InChI=1S/C16H18N6O2S/c1-9(15-10(2)25-11(3)18-15)21(4)16(24)13-6-5-12(7-14(13)23)22-8-17-19-20-22/h5-9,23H,1-4H3/t9-/m1/s1. The van der Waals surface area contributed by atoms with E-state index in [-0.39, 0.29) is 23.3 Å². The van der Waals surface area contributed by atoms with Gasteiger partial charge in [0.1, 0.15) is 12.1 Å². The number of carbonyl (C=O) groups excluding carboxylic acids is 1. The summed E-state index contributed by atoms with van der Waals surface area (Å²) < 4.78 is 1.40. The minimum Gasteiger partial charge on any atom is -0.507 e. The first kappa shape index (κ1) is 17.0. The number of phenols is 1. The van der Waals surface area contributed by atoms with Gasteiger partial charge in [0.05, 0.1) is 28.0 Å². The van der Waals surface area contributed by atoms with Crippen LogP contribution in [0, 0.1) is 13.8 Å². The van der Waals surface area contributed by atoms with E-state index < -0.39 is 0 Å². The quantitative estimate of drug-likeness (QED) is 0.768. The molecule has 8 nitrogen and oxygen atoms in total. The third kappa shape index (κ3) is 3.22. The van der Waals surface area contributed by atoms with Gasteiger partial charge in [-0.1, -0.05) is 0 Å². The average Bonchev–Trinajstić information content (AvgIpc) is 3.22. The lowest BCUT2D eigenvalue weighted by molar-refractivity contribution is 0.0736. The molecule has 0 unspecified atom stereocenters. The Balaban J connectivity index is 1.86. The first-order chi connectivity index (χ1) is 11.9. The smallest absolute Gasteiger partial charge is 0.257 e. The second kappa shape index (κ2) is 6.60. The van der Waals surface area contributed by atoms with Crippen molar-refractivity contribution in [1.82, 2.24) is 30.1 Å². The number of amides is 1. The van der Waals surface area contributed by atoms with Crippen LogP contribution in [-0.4, -0.2) is 48.2 Å². The van der Waals surface area contributed by atoms with E-state index in [2.05, 4.69) is 20.5 Å².